The molecule has 8 heteroatoms. The molecule has 8 nitrogen and oxygen atoms in total. The highest BCUT2D eigenvalue weighted by molar-refractivity contribution is 6.33. The molecule has 0 saturated heterocycles. The third-order valence-corrected chi connectivity index (χ3v) is 21.2. The van der Waals surface area contributed by atoms with Gasteiger partial charge in [0.2, 0.25) is 0 Å². The van der Waals surface area contributed by atoms with Gasteiger partial charge >= 0.3 is 0 Å². The van der Waals surface area contributed by atoms with Crippen LogP contribution in [0.15, 0.2) is 303 Å². The Kier molecular flexibility index (Phi) is 12.7. The van der Waals surface area contributed by atoms with Crippen molar-refractivity contribution >= 4 is 120 Å². The summed E-state index contributed by atoms with van der Waals surface area (Å²) in [6, 6.07) is 112. The Morgan fingerprint density at radius 3 is 0.610 bits per heavy atom. The molecule has 100 heavy (non-hydrogen) atoms. The fourth-order valence-electron chi connectivity index (χ4n) is 16.5. The van der Waals surface area contributed by atoms with Gasteiger partial charge < -0.3 is 37.2 Å². The van der Waals surface area contributed by atoms with Crippen LogP contribution in [0.4, 0.5) is 0 Å². The van der Waals surface area contributed by atoms with Gasteiger partial charge in [-0.3, -0.25) is 0 Å². The third-order valence-electron chi connectivity index (χ3n) is 21.2. The Hall–Kier alpha value is -13.0. The SMILES string of the molecule is COc1ccc(-n2c3ccccc3c3cc(-c4cc(-c5ccc6c(c5)c5ccccc5n6-c5ccc(OC)cc5)c5ccc6c(-c7ccc8c(c7)c7ccccc7n8-c7ccc(OC)cc7)cc(-c7ccc8c(c7)c7ccccc7n8-c7ccc(OC)cc7)c7ccc4c5c76)ccc32)cc1. The summed E-state index contributed by atoms with van der Waals surface area (Å²) in [4.78, 5) is 0. The maximum absolute atomic E-state index is 5.65. The monoisotopic (exact) mass is 1290 g/mol. The van der Waals surface area contributed by atoms with Gasteiger partial charge in [0.25, 0.3) is 0 Å². The Bertz CT molecular complexity index is 5920. The average molecular weight is 1290 g/mol. The number of hydrogen-bond acceptors (Lipinski definition) is 4. The second-order valence-corrected chi connectivity index (χ2v) is 26.1. The van der Waals surface area contributed by atoms with E-state index in [1.54, 1.807) is 28.4 Å². The average Bonchev–Trinajstić information content (AvgIpc) is 0.973. The van der Waals surface area contributed by atoms with Crippen molar-refractivity contribution in [1.29, 1.82) is 0 Å². The molecule has 0 saturated carbocycles. The molecule has 4 heterocycles. The quantitative estimate of drug-likeness (QED) is 0.114. The molecule has 0 atom stereocenters. The molecule has 0 aliphatic heterocycles. The zero-order valence-electron chi connectivity index (χ0n) is 55.3. The first-order chi connectivity index (χ1) is 49.4. The van der Waals surface area contributed by atoms with E-state index in [9.17, 15) is 0 Å². The predicted molar refractivity (Wildman–Crippen MR) is 415 cm³/mol. The van der Waals surface area contributed by atoms with E-state index in [1.807, 2.05) is 48.5 Å². The van der Waals surface area contributed by atoms with Crippen LogP contribution in [0.1, 0.15) is 0 Å². The van der Waals surface area contributed by atoms with Crippen LogP contribution in [0, 0.1) is 0 Å². The minimum atomic E-state index is 0.823. The first-order valence-corrected chi connectivity index (χ1v) is 33.9. The van der Waals surface area contributed by atoms with E-state index in [2.05, 4.69) is 273 Å². The van der Waals surface area contributed by atoms with Crippen LogP contribution in [0.25, 0.3) is 187 Å². The zero-order chi connectivity index (χ0) is 66.4. The smallest absolute Gasteiger partial charge is 0.119 e. The second kappa shape index (κ2) is 22.3. The predicted octanol–water partition coefficient (Wildman–Crippen LogP) is 23.7. The Balaban J connectivity index is 0.885. The van der Waals surface area contributed by atoms with Crippen LogP contribution in [-0.2, 0) is 0 Å². The molecule has 0 radical (unpaired) electrons. The summed E-state index contributed by atoms with van der Waals surface area (Å²) < 4.78 is 32.1. The molecule has 4 aromatic heterocycles. The first-order valence-electron chi connectivity index (χ1n) is 33.9. The molecule has 16 aromatic carbocycles. The highest BCUT2D eigenvalue weighted by atomic mass is 16.5. The van der Waals surface area contributed by atoms with Gasteiger partial charge in [-0.15, -0.1) is 0 Å². The van der Waals surface area contributed by atoms with E-state index in [-0.39, 0.29) is 0 Å². The summed E-state index contributed by atoms with van der Waals surface area (Å²) in [5.41, 5.74) is 22.6. The summed E-state index contributed by atoms with van der Waals surface area (Å²) in [6.07, 6.45) is 0. The number of benzene rings is 16. The maximum Gasteiger partial charge on any atom is 0.119 e. The molecular formula is C92H62N4O4. The summed E-state index contributed by atoms with van der Waals surface area (Å²) in [6.45, 7) is 0. The molecule has 0 bridgehead atoms. The fourth-order valence-corrected chi connectivity index (χ4v) is 16.5. The summed E-state index contributed by atoms with van der Waals surface area (Å²) >= 11 is 0. The molecule has 0 fully saturated rings. The van der Waals surface area contributed by atoms with Gasteiger partial charge in [-0.25, -0.2) is 0 Å². The summed E-state index contributed by atoms with van der Waals surface area (Å²) in [5, 5.41) is 16.7. The molecule has 0 N–H and O–H groups in total. The highest BCUT2D eigenvalue weighted by Crippen LogP contribution is 2.51. The van der Waals surface area contributed by atoms with E-state index in [0.29, 0.717) is 0 Å². The largest absolute Gasteiger partial charge is 0.497 e. The van der Waals surface area contributed by atoms with Crippen molar-refractivity contribution in [1.82, 2.24) is 18.3 Å². The number of methoxy groups -OCH3 is 4. The molecule has 0 spiro atoms. The molecule has 0 unspecified atom stereocenters. The molecule has 0 amide bonds. The fraction of sp³-hybridized carbons (Fsp3) is 0.0435. The normalized spacial score (nSPS) is 12.0. The number of aromatic nitrogens is 4. The number of hydrogen-bond donors (Lipinski definition) is 0. The lowest BCUT2D eigenvalue weighted by atomic mass is 9.81. The van der Waals surface area contributed by atoms with Crippen LogP contribution in [0.5, 0.6) is 23.0 Å². The summed E-state index contributed by atoms with van der Waals surface area (Å²) in [7, 11) is 6.88. The van der Waals surface area contributed by atoms with Crippen molar-refractivity contribution < 1.29 is 18.9 Å². The third kappa shape index (κ3) is 8.53. The van der Waals surface area contributed by atoms with E-state index >= 15 is 0 Å². The van der Waals surface area contributed by atoms with Gasteiger partial charge in [-0.1, -0.05) is 121 Å². The van der Waals surface area contributed by atoms with Crippen LogP contribution in [0.2, 0.25) is 0 Å². The number of rotatable bonds is 12. The van der Waals surface area contributed by atoms with Crippen LogP contribution in [0.3, 0.4) is 0 Å². The van der Waals surface area contributed by atoms with Gasteiger partial charge in [-0.2, -0.15) is 0 Å². The molecule has 0 aliphatic carbocycles. The van der Waals surface area contributed by atoms with Crippen molar-refractivity contribution in [2.45, 2.75) is 0 Å². The van der Waals surface area contributed by atoms with E-state index in [0.717, 1.165) is 134 Å². The van der Waals surface area contributed by atoms with Gasteiger partial charge in [0.1, 0.15) is 23.0 Å². The van der Waals surface area contributed by atoms with Crippen molar-refractivity contribution in [3.05, 3.63) is 303 Å². The number of nitrogens with zero attached hydrogens (tertiary/aromatic N) is 4. The van der Waals surface area contributed by atoms with E-state index in [4.69, 9.17) is 18.9 Å². The Morgan fingerprint density at radius 1 is 0.180 bits per heavy atom. The molecule has 20 rings (SSSR count). The van der Waals surface area contributed by atoms with Gasteiger partial charge in [-0.05, 0) is 259 Å². The van der Waals surface area contributed by atoms with Crippen molar-refractivity contribution in [2.24, 2.45) is 0 Å². The van der Waals surface area contributed by atoms with Gasteiger partial charge in [0.15, 0.2) is 0 Å². The van der Waals surface area contributed by atoms with Crippen LogP contribution >= 0.6 is 0 Å². The van der Waals surface area contributed by atoms with E-state index < -0.39 is 0 Å². The van der Waals surface area contributed by atoms with Crippen LogP contribution < -0.4 is 18.9 Å². The molecular weight excluding hydrogens is 1230 g/mol. The highest BCUT2D eigenvalue weighted by Gasteiger charge is 2.26. The van der Waals surface area contributed by atoms with Gasteiger partial charge in [0.05, 0.1) is 72.6 Å². The minimum absolute atomic E-state index is 0.823. The lowest BCUT2D eigenvalue weighted by molar-refractivity contribution is 0.414. The lowest BCUT2D eigenvalue weighted by Crippen LogP contribution is -1.96. The molecule has 20 aromatic rings. The standard InChI is InChI=1S/C92H62N4O4/c1-97-63-33-25-59(26-34-63)93-83-17-9-5-13-67(83)79-49-55(21-45-87(79)93)75-53-76(56-22-46-88-80(50-56)68-14-6-10-18-84(68)94(88)60-27-35-64(98-2)36-28-60)72-43-44-74-78(58-24-48-90-82(52-58)70-16-8-12-20-86(70)96(90)62-31-39-66(100-4)40-32-62)54-77(73-42-41-71(75)91(72)92(73)74)57-23-47-89-81(51-57)69-15-7-11-19-85(69)95(89)61-29-37-65(99-3)38-30-61/h5-54H,1-4H3. The minimum Gasteiger partial charge on any atom is -0.497 e. The van der Waals surface area contributed by atoms with E-state index in [1.165, 1.54) is 75.4 Å². The van der Waals surface area contributed by atoms with Gasteiger partial charge in [0, 0.05) is 65.8 Å². The van der Waals surface area contributed by atoms with Crippen molar-refractivity contribution in [2.75, 3.05) is 28.4 Å². The number of para-hydroxylation sites is 4. The molecule has 474 valence electrons. The maximum atomic E-state index is 5.65. The lowest BCUT2D eigenvalue weighted by Gasteiger charge is -2.22. The number of ether oxygens (including phenoxy) is 4. The topological polar surface area (TPSA) is 56.6 Å². The molecule has 0 aliphatic rings. The Morgan fingerprint density at radius 2 is 0.390 bits per heavy atom. The second-order valence-electron chi connectivity index (χ2n) is 26.1. The van der Waals surface area contributed by atoms with Crippen LogP contribution in [-0.4, -0.2) is 46.7 Å². The Labute approximate surface area is 575 Å². The van der Waals surface area contributed by atoms with Crippen molar-refractivity contribution in [3.8, 4) is 90.3 Å². The first kappa shape index (κ1) is 57.2. The number of fused-ring (bicyclic) bond motifs is 12. The zero-order valence-corrected chi connectivity index (χ0v) is 55.3. The van der Waals surface area contributed by atoms with Crippen molar-refractivity contribution in [3.63, 3.8) is 0 Å². The summed E-state index contributed by atoms with van der Waals surface area (Å²) in [5.74, 6) is 3.29.